The summed E-state index contributed by atoms with van der Waals surface area (Å²) in [4.78, 5) is 25.8. The molecule has 2 aromatic rings. The monoisotopic (exact) mass is 326 g/mol. The van der Waals surface area contributed by atoms with Crippen LogP contribution < -0.4 is 10.1 Å². The molecule has 0 unspecified atom stereocenters. The standard InChI is InChI=1S/C19H22N2O3/c1-13-7-5-6-8-14(13)12-18(22)20-16-10-9-15(11-17(16)24-4)19(23)21(2)3/h5-11H,12H2,1-4H3,(H,20,22). The van der Waals surface area contributed by atoms with Gasteiger partial charge in [0.2, 0.25) is 5.91 Å². The number of hydrogen-bond donors (Lipinski definition) is 1. The van der Waals surface area contributed by atoms with Crippen molar-refractivity contribution in [3.63, 3.8) is 0 Å². The summed E-state index contributed by atoms with van der Waals surface area (Å²) < 4.78 is 5.31. The first-order chi connectivity index (χ1) is 11.4. The summed E-state index contributed by atoms with van der Waals surface area (Å²) in [6.07, 6.45) is 0.286. The Bertz CT molecular complexity index is 754. The Labute approximate surface area is 142 Å². The van der Waals surface area contributed by atoms with Crippen molar-refractivity contribution in [2.24, 2.45) is 0 Å². The summed E-state index contributed by atoms with van der Waals surface area (Å²) in [6.45, 7) is 1.98. The van der Waals surface area contributed by atoms with E-state index in [1.54, 1.807) is 32.3 Å². The highest BCUT2D eigenvalue weighted by Gasteiger charge is 2.14. The van der Waals surface area contributed by atoms with Crippen molar-refractivity contribution in [3.8, 4) is 5.75 Å². The Morgan fingerprint density at radius 2 is 1.83 bits per heavy atom. The zero-order chi connectivity index (χ0) is 17.7. The van der Waals surface area contributed by atoms with E-state index >= 15 is 0 Å². The Morgan fingerprint density at radius 3 is 2.46 bits per heavy atom. The van der Waals surface area contributed by atoms with Gasteiger partial charge in [-0.05, 0) is 36.2 Å². The lowest BCUT2D eigenvalue weighted by Crippen LogP contribution is -2.22. The van der Waals surface area contributed by atoms with Crippen molar-refractivity contribution in [1.82, 2.24) is 4.90 Å². The smallest absolute Gasteiger partial charge is 0.253 e. The minimum Gasteiger partial charge on any atom is -0.495 e. The second-order valence-corrected chi connectivity index (χ2v) is 5.77. The van der Waals surface area contributed by atoms with Crippen LogP contribution in [0.25, 0.3) is 0 Å². The summed E-state index contributed by atoms with van der Waals surface area (Å²) in [6, 6.07) is 12.8. The number of amides is 2. The first-order valence-electron chi connectivity index (χ1n) is 7.66. The van der Waals surface area contributed by atoms with E-state index in [1.165, 1.54) is 12.0 Å². The minimum absolute atomic E-state index is 0.119. The zero-order valence-corrected chi connectivity index (χ0v) is 14.4. The van der Waals surface area contributed by atoms with Gasteiger partial charge >= 0.3 is 0 Å². The van der Waals surface area contributed by atoms with E-state index in [2.05, 4.69) is 5.32 Å². The van der Waals surface area contributed by atoms with Crippen molar-refractivity contribution in [2.75, 3.05) is 26.5 Å². The van der Waals surface area contributed by atoms with Gasteiger partial charge in [-0.2, -0.15) is 0 Å². The number of anilines is 1. The molecule has 0 bridgehead atoms. The lowest BCUT2D eigenvalue weighted by atomic mass is 10.1. The molecule has 0 aliphatic rings. The van der Waals surface area contributed by atoms with Gasteiger partial charge in [0, 0.05) is 19.7 Å². The Morgan fingerprint density at radius 1 is 1.12 bits per heavy atom. The average molecular weight is 326 g/mol. The molecule has 0 radical (unpaired) electrons. The van der Waals surface area contributed by atoms with Crippen LogP contribution in [-0.4, -0.2) is 37.9 Å². The molecule has 0 saturated carbocycles. The van der Waals surface area contributed by atoms with Crippen LogP contribution in [0, 0.1) is 6.92 Å². The van der Waals surface area contributed by atoms with E-state index < -0.39 is 0 Å². The number of carbonyl (C=O) groups excluding carboxylic acids is 2. The third-order valence-corrected chi connectivity index (χ3v) is 3.74. The molecule has 2 amide bonds. The Hall–Kier alpha value is -2.82. The second-order valence-electron chi connectivity index (χ2n) is 5.77. The van der Waals surface area contributed by atoms with Crippen LogP contribution >= 0.6 is 0 Å². The highest BCUT2D eigenvalue weighted by Crippen LogP contribution is 2.26. The molecule has 1 N–H and O–H groups in total. The van der Waals surface area contributed by atoms with Crippen LogP contribution in [0.3, 0.4) is 0 Å². The molecule has 0 aliphatic heterocycles. The van der Waals surface area contributed by atoms with Crippen LogP contribution in [0.2, 0.25) is 0 Å². The molecule has 2 aromatic carbocycles. The second kappa shape index (κ2) is 7.64. The number of ether oxygens (including phenoxy) is 1. The van der Waals surface area contributed by atoms with Crippen LogP contribution in [0.15, 0.2) is 42.5 Å². The topological polar surface area (TPSA) is 58.6 Å². The third-order valence-electron chi connectivity index (χ3n) is 3.74. The van der Waals surface area contributed by atoms with Gasteiger partial charge in [0.15, 0.2) is 0 Å². The van der Waals surface area contributed by atoms with Gasteiger partial charge in [-0.15, -0.1) is 0 Å². The number of aryl methyl sites for hydroxylation is 1. The number of benzene rings is 2. The fourth-order valence-electron chi connectivity index (χ4n) is 2.36. The molecule has 5 nitrogen and oxygen atoms in total. The van der Waals surface area contributed by atoms with Crippen molar-refractivity contribution < 1.29 is 14.3 Å². The molecule has 0 aromatic heterocycles. The van der Waals surface area contributed by atoms with Gasteiger partial charge in [0.25, 0.3) is 5.91 Å². The number of nitrogens with one attached hydrogen (secondary N) is 1. The van der Waals surface area contributed by atoms with E-state index in [0.717, 1.165) is 11.1 Å². The quantitative estimate of drug-likeness (QED) is 0.919. The molecule has 5 heteroatoms. The number of methoxy groups -OCH3 is 1. The van der Waals surface area contributed by atoms with Crippen LogP contribution in [0.1, 0.15) is 21.5 Å². The SMILES string of the molecule is COc1cc(C(=O)N(C)C)ccc1NC(=O)Cc1ccccc1C. The van der Waals surface area contributed by atoms with Gasteiger partial charge in [-0.1, -0.05) is 24.3 Å². The van der Waals surface area contributed by atoms with Crippen LogP contribution in [-0.2, 0) is 11.2 Å². The van der Waals surface area contributed by atoms with Crippen molar-refractivity contribution in [2.45, 2.75) is 13.3 Å². The van der Waals surface area contributed by atoms with Gasteiger partial charge < -0.3 is 15.0 Å². The highest BCUT2D eigenvalue weighted by atomic mass is 16.5. The maximum Gasteiger partial charge on any atom is 0.253 e. The molecule has 0 aliphatic carbocycles. The van der Waals surface area contributed by atoms with Gasteiger partial charge in [0.1, 0.15) is 5.75 Å². The van der Waals surface area contributed by atoms with Crippen molar-refractivity contribution in [3.05, 3.63) is 59.2 Å². The summed E-state index contributed by atoms with van der Waals surface area (Å²) >= 11 is 0. The highest BCUT2D eigenvalue weighted by molar-refractivity contribution is 5.97. The van der Waals surface area contributed by atoms with Crippen molar-refractivity contribution in [1.29, 1.82) is 0 Å². The molecule has 0 fully saturated rings. The molecule has 126 valence electrons. The normalized spacial score (nSPS) is 10.2. The fraction of sp³-hybridized carbons (Fsp3) is 0.263. The zero-order valence-electron chi connectivity index (χ0n) is 14.4. The molecule has 2 rings (SSSR count). The summed E-state index contributed by atoms with van der Waals surface area (Å²) in [5.41, 5.74) is 3.11. The molecule has 24 heavy (non-hydrogen) atoms. The average Bonchev–Trinajstić information content (AvgIpc) is 2.56. The van der Waals surface area contributed by atoms with Gasteiger partial charge in [0.05, 0.1) is 19.2 Å². The molecule has 0 saturated heterocycles. The van der Waals surface area contributed by atoms with Crippen molar-refractivity contribution >= 4 is 17.5 Å². The third kappa shape index (κ3) is 4.13. The fourth-order valence-corrected chi connectivity index (χ4v) is 2.36. The largest absolute Gasteiger partial charge is 0.495 e. The van der Waals surface area contributed by atoms with E-state index in [-0.39, 0.29) is 18.2 Å². The number of hydrogen-bond acceptors (Lipinski definition) is 3. The number of rotatable bonds is 5. The van der Waals surface area contributed by atoms with Crippen LogP contribution in [0.4, 0.5) is 5.69 Å². The van der Waals surface area contributed by atoms with Gasteiger partial charge in [-0.25, -0.2) is 0 Å². The van der Waals surface area contributed by atoms with Gasteiger partial charge in [-0.3, -0.25) is 9.59 Å². The Kier molecular flexibility index (Phi) is 5.58. The number of nitrogens with zero attached hydrogens (tertiary/aromatic N) is 1. The number of carbonyl (C=O) groups is 2. The minimum atomic E-state index is -0.130. The first-order valence-corrected chi connectivity index (χ1v) is 7.66. The summed E-state index contributed by atoms with van der Waals surface area (Å²) in [5.74, 6) is 0.209. The predicted molar refractivity (Wildman–Crippen MR) is 94.5 cm³/mol. The first kappa shape index (κ1) is 17.5. The maximum atomic E-state index is 12.3. The predicted octanol–water partition coefficient (Wildman–Crippen LogP) is 2.89. The maximum absolute atomic E-state index is 12.3. The molecule has 0 heterocycles. The molecular formula is C19H22N2O3. The van der Waals surface area contributed by atoms with E-state index in [9.17, 15) is 9.59 Å². The molecule has 0 spiro atoms. The van der Waals surface area contributed by atoms with Crippen LogP contribution in [0.5, 0.6) is 5.75 Å². The lowest BCUT2D eigenvalue weighted by molar-refractivity contribution is -0.115. The van der Waals surface area contributed by atoms with E-state index in [1.807, 2.05) is 31.2 Å². The van der Waals surface area contributed by atoms with E-state index in [4.69, 9.17) is 4.74 Å². The summed E-state index contributed by atoms with van der Waals surface area (Å²) in [7, 11) is 4.88. The lowest BCUT2D eigenvalue weighted by Gasteiger charge is -2.14. The molecule has 0 atom stereocenters. The summed E-state index contributed by atoms with van der Waals surface area (Å²) in [5, 5.41) is 2.84. The Balaban J connectivity index is 2.16. The van der Waals surface area contributed by atoms with E-state index in [0.29, 0.717) is 17.0 Å². The molecular weight excluding hydrogens is 304 g/mol.